The first-order chi connectivity index (χ1) is 9.04. The second kappa shape index (κ2) is 7.14. The van der Waals surface area contributed by atoms with Crippen molar-refractivity contribution in [3.63, 3.8) is 0 Å². The van der Waals surface area contributed by atoms with Crippen molar-refractivity contribution in [3.8, 4) is 0 Å². The van der Waals surface area contributed by atoms with Gasteiger partial charge in [0.15, 0.2) is 0 Å². The van der Waals surface area contributed by atoms with Gasteiger partial charge in [-0.05, 0) is 53.1 Å². The molecule has 0 bridgehead atoms. The topological polar surface area (TPSA) is 46.1 Å². The highest BCUT2D eigenvalue weighted by atomic mass is 35.5. The third-order valence-electron chi connectivity index (χ3n) is 4.21. The van der Waals surface area contributed by atoms with E-state index >= 15 is 0 Å². The smallest absolute Gasteiger partial charge is 0.253 e. The Labute approximate surface area is 127 Å². The number of nitrogens with zero attached hydrogens (tertiary/aromatic N) is 1. The van der Waals surface area contributed by atoms with Gasteiger partial charge in [-0.2, -0.15) is 0 Å². The summed E-state index contributed by atoms with van der Waals surface area (Å²) in [5.41, 5.74) is 3.03. The second-order valence-corrected chi connectivity index (χ2v) is 5.49. The van der Waals surface area contributed by atoms with Crippen LogP contribution in [0.5, 0.6) is 0 Å². The Hall–Kier alpha value is -1.00. The summed E-state index contributed by atoms with van der Waals surface area (Å²) in [7, 11) is 0. The van der Waals surface area contributed by atoms with Crippen molar-refractivity contribution in [1.82, 2.24) is 15.2 Å². The molecule has 20 heavy (non-hydrogen) atoms. The van der Waals surface area contributed by atoms with Gasteiger partial charge in [0, 0.05) is 30.0 Å². The first kappa shape index (κ1) is 17.1. The van der Waals surface area contributed by atoms with Crippen LogP contribution in [-0.4, -0.2) is 29.1 Å². The van der Waals surface area contributed by atoms with Gasteiger partial charge in [-0.3, -0.25) is 4.79 Å². The molecule has 114 valence electrons. The molecule has 2 unspecified atom stereocenters. The number of hydrogen-bond donors (Lipinski definition) is 2. The van der Waals surface area contributed by atoms with Gasteiger partial charge < -0.3 is 15.2 Å². The molecule has 1 aliphatic rings. The lowest BCUT2D eigenvalue weighted by molar-refractivity contribution is 0.0919. The minimum atomic E-state index is 0. The summed E-state index contributed by atoms with van der Waals surface area (Å²) in [5, 5.41) is 6.59. The number of halogens is 1. The molecule has 0 spiro atoms. The van der Waals surface area contributed by atoms with Gasteiger partial charge in [-0.1, -0.05) is 0 Å². The van der Waals surface area contributed by atoms with Crippen molar-refractivity contribution >= 4 is 18.3 Å². The summed E-state index contributed by atoms with van der Waals surface area (Å²) >= 11 is 0. The summed E-state index contributed by atoms with van der Waals surface area (Å²) < 4.78 is 2.18. The molecule has 1 aliphatic heterocycles. The third-order valence-corrected chi connectivity index (χ3v) is 4.21. The van der Waals surface area contributed by atoms with Gasteiger partial charge in [-0.25, -0.2) is 0 Å². The van der Waals surface area contributed by atoms with Crippen LogP contribution in [0, 0.1) is 13.8 Å². The summed E-state index contributed by atoms with van der Waals surface area (Å²) in [6, 6.07) is 2.59. The fourth-order valence-electron chi connectivity index (χ4n) is 3.00. The number of amides is 1. The van der Waals surface area contributed by atoms with Crippen LogP contribution >= 0.6 is 12.4 Å². The van der Waals surface area contributed by atoms with E-state index in [0.717, 1.165) is 42.9 Å². The number of carbonyl (C=O) groups is 1. The molecule has 2 atom stereocenters. The van der Waals surface area contributed by atoms with Crippen LogP contribution in [0.25, 0.3) is 0 Å². The van der Waals surface area contributed by atoms with Gasteiger partial charge in [0.1, 0.15) is 0 Å². The highest BCUT2D eigenvalue weighted by molar-refractivity contribution is 5.96. The van der Waals surface area contributed by atoms with Crippen LogP contribution in [0.4, 0.5) is 0 Å². The number of aryl methyl sites for hydroxylation is 1. The first-order valence-corrected chi connectivity index (χ1v) is 7.25. The summed E-state index contributed by atoms with van der Waals surface area (Å²) in [5.74, 6) is 0.0633. The Bertz CT molecular complexity index is 470. The molecule has 2 heterocycles. The van der Waals surface area contributed by atoms with Crippen LogP contribution in [0.3, 0.4) is 0 Å². The molecule has 0 saturated carbocycles. The Morgan fingerprint density at radius 2 is 2.20 bits per heavy atom. The number of carbonyl (C=O) groups excluding carboxylic acids is 1. The van der Waals surface area contributed by atoms with Crippen molar-refractivity contribution < 1.29 is 4.79 Å². The predicted molar refractivity (Wildman–Crippen MR) is 84.8 cm³/mol. The lowest BCUT2D eigenvalue weighted by atomic mass is 9.99. The molecule has 1 fully saturated rings. The molecule has 2 rings (SSSR count). The van der Waals surface area contributed by atoms with Gasteiger partial charge in [0.05, 0.1) is 5.56 Å². The minimum absolute atomic E-state index is 0. The van der Waals surface area contributed by atoms with Crippen LogP contribution in [-0.2, 0) is 6.54 Å². The standard InChI is InChI=1S/C15H25N3O.ClH/c1-5-18-10(2)9-13(12(18)4)15(19)17-14-7-6-8-16-11(14)3;/h9,11,14,16H,5-8H2,1-4H3,(H,17,19);1H. The van der Waals surface area contributed by atoms with Crippen molar-refractivity contribution in [2.75, 3.05) is 6.54 Å². The van der Waals surface area contributed by atoms with Gasteiger partial charge in [0.25, 0.3) is 5.91 Å². The van der Waals surface area contributed by atoms with E-state index in [9.17, 15) is 4.79 Å². The van der Waals surface area contributed by atoms with Gasteiger partial charge >= 0.3 is 0 Å². The van der Waals surface area contributed by atoms with Crippen molar-refractivity contribution in [3.05, 3.63) is 23.0 Å². The molecule has 2 N–H and O–H groups in total. The molecule has 5 heteroatoms. The van der Waals surface area contributed by atoms with E-state index < -0.39 is 0 Å². The zero-order valence-electron chi connectivity index (χ0n) is 12.8. The molecule has 4 nitrogen and oxygen atoms in total. The SMILES string of the molecule is CCn1c(C)cc(C(=O)NC2CCCNC2C)c1C.Cl. The fourth-order valence-corrected chi connectivity index (χ4v) is 3.00. The number of aromatic nitrogens is 1. The molecule has 0 radical (unpaired) electrons. The molecule has 1 aromatic heterocycles. The second-order valence-electron chi connectivity index (χ2n) is 5.49. The number of nitrogens with one attached hydrogen (secondary N) is 2. The van der Waals surface area contributed by atoms with E-state index in [4.69, 9.17) is 0 Å². The summed E-state index contributed by atoms with van der Waals surface area (Å²) in [6.45, 7) is 10.3. The molecular formula is C15H26ClN3O. The summed E-state index contributed by atoms with van der Waals surface area (Å²) in [4.78, 5) is 12.4. The highest BCUT2D eigenvalue weighted by Crippen LogP contribution is 2.16. The van der Waals surface area contributed by atoms with E-state index in [2.05, 4.69) is 36.0 Å². The van der Waals surface area contributed by atoms with E-state index in [1.165, 1.54) is 0 Å². The highest BCUT2D eigenvalue weighted by Gasteiger charge is 2.24. The summed E-state index contributed by atoms with van der Waals surface area (Å²) in [6.07, 6.45) is 2.19. The van der Waals surface area contributed by atoms with Crippen LogP contribution < -0.4 is 10.6 Å². The largest absolute Gasteiger partial charge is 0.349 e. The zero-order valence-corrected chi connectivity index (χ0v) is 13.6. The maximum Gasteiger partial charge on any atom is 0.253 e. The fraction of sp³-hybridized carbons (Fsp3) is 0.667. The van der Waals surface area contributed by atoms with Crippen molar-refractivity contribution in [2.45, 2.75) is 59.2 Å². The van der Waals surface area contributed by atoms with E-state index in [1.54, 1.807) is 0 Å². The van der Waals surface area contributed by atoms with Gasteiger partial charge in [-0.15, -0.1) is 12.4 Å². The third kappa shape index (κ3) is 3.36. The molecule has 1 saturated heterocycles. The minimum Gasteiger partial charge on any atom is -0.349 e. The number of rotatable bonds is 3. The first-order valence-electron chi connectivity index (χ1n) is 7.25. The molecule has 1 amide bonds. The lowest BCUT2D eigenvalue weighted by Crippen LogP contribution is -2.51. The Balaban J connectivity index is 0.00000200. The monoisotopic (exact) mass is 299 g/mol. The zero-order chi connectivity index (χ0) is 14.0. The molecule has 0 aromatic carbocycles. The normalized spacial score (nSPS) is 22.2. The van der Waals surface area contributed by atoms with Crippen molar-refractivity contribution in [2.24, 2.45) is 0 Å². The maximum absolute atomic E-state index is 12.4. The van der Waals surface area contributed by atoms with Crippen LogP contribution in [0.2, 0.25) is 0 Å². The van der Waals surface area contributed by atoms with Crippen molar-refractivity contribution in [1.29, 1.82) is 0 Å². The molecule has 0 aliphatic carbocycles. The van der Waals surface area contributed by atoms with E-state index in [1.807, 2.05) is 13.0 Å². The average Bonchev–Trinajstić information content (AvgIpc) is 2.67. The predicted octanol–water partition coefficient (Wildman–Crippen LogP) is 2.42. The van der Waals surface area contributed by atoms with Crippen LogP contribution in [0.15, 0.2) is 6.07 Å². The number of hydrogen-bond acceptors (Lipinski definition) is 2. The molecule has 1 aromatic rings. The Morgan fingerprint density at radius 3 is 2.75 bits per heavy atom. The van der Waals surface area contributed by atoms with Crippen LogP contribution in [0.1, 0.15) is 48.4 Å². The van der Waals surface area contributed by atoms with Gasteiger partial charge in [0.2, 0.25) is 0 Å². The maximum atomic E-state index is 12.4. The van der Waals surface area contributed by atoms with E-state index in [-0.39, 0.29) is 24.4 Å². The average molecular weight is 300 g/mol. The Morgan fingerprint density at radius 1 is 1.50 bits per heavy atom. The lowest BCUT2D eigenvalue weighted by Gasteiger charge is -2.30. The Kier molecular flexibility index (Phi) is 6.08. The quantitative estimate of drug-likeness (QED) is 0.900. The number of piperidine rings is 1. The molecular weight excluding hydrogens is 274 g/mol. The van der Waals surface area contributed by atoms with E-state index in [0.29, 0.717) is 6.04 Å².